The van der Waals surface area contributed by atoms with Gasteiger partial charge in [-0.25, -0.2) is 4.98 Å². The molecule has 0 atom stereocenters. The van der Waals surface area contributed by atoms with Crippen molar-refractivity contribution in [2.75, 3.05) is 0 Å². The van der Waals surface area contributed by atoms with Gasteiger partial charge in [0.1, 0.15) is 16.1 Å². The van der Waals surface area contributed by atoms with Gasteiger partial charge in [-0.1, -0.05) is 30.3 Å². The summed E-state index contributed by atoms with van der Waals surface area (Å²) in [5, 5.41) is 0. The highest BCUT2D eigenvalue weighted by Crippen LogP contribution is 2.40. The second-order valence-corrected chi connectivity index (χ2v) is 5.71. The monoisotopic (exact) mass is 354 g/mol. The maximum absolute atomic E-state index is 5.68. The molecule has 1 aromatic carbocycles. The molecule has 1 aliphatic rings. The molecule has 2 aromatic rings. The quantitative estimate of drug-likeness (QED) is 0.833. The van der Waals surface area contributed by atoms with Gasteiger partial charge in [0.25, 0.3) is 0 Å². The van der Waals surface area contributed by atoms with Crippen LogP contribution < -0.4 is 0 Å². The van der Waals surface area contributed by atoms with E-state index >= 15 is 0 Å². The van der Waals surface area contributed by atoms with Crippen LogP contribution in [0.4, 0.5) is 0 Å². The van der Waals surface area contributed by atoms with Crippen molar-refractivity contribution >= 4 is 22.6 Å². The molecule has 94 valence electrons. The van der Waals surface area contributed by atoms with E-state index in [-0.39, 0.29) is 0 Å². The molecule has 1 aromatic heterocycles. The average molecular weight is 354 g/mol. The molecule has 0 bridgehead atoms. The maximum Gasteiger partial charge on any atom is 0.133 e. The highest BCUT2D eigenvalue weighted by molar-refractivity contribution is 14.1. The van der Waals surface area contributed by atoms with E-state index in [1.807, 2.05) is 18.2 Å². The van der Waals surface area contributed by atoms with Crippen molar-refractivity contribution < 1.29 is 4.74 Å². The Kier molecular flexibility index (Phi) is 3.65. The van der Waals surface area contributed by atoms with Crippen LogP contribution in [0.5, 0.6) is 0 Å². The number of aromatic amines is 1. The molecule has 0 saturated heterocycles. The molecule has 3 nitrogen and oxygen atoms in total. The Labute approximate surface area is 120 Å². The first-order valence-electron chi connectivity index (χ1n) is 6.19. The molecular formula is C14H15IN2O. The van der Waals surface area contributed by atoms with Crippen LogP contribution in [-0.4, -0.2) is 9.97 Å². The molecular weight excluding hydrogens is 339 g/mol. The molecule has 1 N–H and O–H groups in total. The van der Waals surface area contributed by atoms with Crippen LogP contribution in [-0.2, 0) is 18.0 Å². The minimum absolute atomic E-state index is 0.553. The summed E-state index contributed by atoms with van der Waals surface area (Å²) in [5.41, 5.74) is 2.43. The SMILES string of the molecule is Ic1[nH]c(COCc2ccccc2)nc1C1CC1. The Balaban J connectivity index is 1.55. The molecule has 0 unspecified atom stereocenters. The number of halogens is 1. The van der Waals surface area contributed by atoms with Gasteiger partial charge in [-0.15, -0.1) is 0 Å². The largest absolute Gasteiger partial charge is 0.369 e. The van der Waals surface area contributed by atoms with Gasteiger partial charge in [0.05, 0.1) is 12.3 Å². The van der Waals surface area contributed by atoms with Gasteiger partial charge in [-0.05, 0) is 41.0 Å². The molecule has 3 rings (SSSR count). The minimum atomic E-state index is 0.553. The van der Waals surface area contributed by atoms with Crippen LogP contribution in [0.1, 0.15) is 35.8 Å². The van der Waals surface area contributed by atoms with Crippen LogP contribution >= 0.6 is 22.6 Å². The predicted octanol–water partition coefficient (Wildman–Crippen LogP) is 3.61. The third-order valence-electron chi connectivity index (χ3n) is 3.05. The van der Waals surface area contributed by atoms with E-state index < -0.39 is 0 Å². The van der Waals surface area contributed by atoms with Crippen molar-refractivity contribution in [1.82, 2.24) is 9.97 Å². The lowest BCUT2D eigenvalue weighted by molar-refractivity contribution is 0.102. The Hall–Kier alpha value is -0.880. The zero-order valence-corrected chi connectivity index (χ0v) is 12.2. The molecule has 0 amide bonds. The Morgan fingerprint density at radius 2 is 2.00 bits per heavy atom. The lowest BCUT2D eigenvalue weighted by Crippen LogP contribution is -1.96. The first-order chi connectivity index (χ1) is 8.83. The van der Waals surface area contributed by atoms with E-state index in [0.29, 0.717) is 19.1 Å². The molecule has 1 aliphatic carbocycles. The van der Waals surface area contributed by atoms with Gasteiger partial charge in [0, 0.05) is 5.92 Å². The fourth-order valence-electron chi connectivity index (χ4n) is 1.95. The third-order valence-corrected chi connectivity index (χ3v) is 3.87. The summed E-state index contributed by atoms with van der Waals surface area (Å²) in [5.74, 6) is 1.63. The van der Waals surface area contributed by atoms with Gasteiger partial charge in [-0.3, -0.25) is 0 Å². The number of nitrogens with one attached hydrogen (secondary N) is 1. The van der Waals surface area contributed by atoms with Crippen molar-refractivity contribution in [1.29, 1.82) is 0 Å². The molecule has 0 radical (unpaired) electrons. The number of H-pyrrole nitrogens is 1. The number of imidazole rings is 1. The Morgan fingerprint density at radius 3 is 2.72 bits per heavy atom. The summed E-state index contributed by atoms with van der Waals surface area (Å²) in [6.45, 7) is 1.19. The van der Waals surface area contributed by atoms with E-state index in [1.54, 1.807) is 0 Å². The van der Waals surface area contributed by atoms with Gasteiger partial charge in [-0.2, -0.15) is 0 Å². The van der Waals surface area contributed by atoms with E-state index in [4.69, 9.17) is 4.74 Å². The van der Waals surface area contributed by atoms with E-state index in [1.165, 1.54) is 27.8 Å². The Bertz CT molecular complexity index is 520. The van der Waals surface area contributed by atoms with Gasteiger partial charge >= 0.3 is 0 Å². The number of rotatable bonds is 5. The van der Waals surface area contributed by atoms with Gasteiger partial charge in [0.15, 0.2) is 0 Å². The lowest BCUT2D eigenvalue weighted by Gasteiger charge is -2.01. The number of benzene rings is 1. The maximum atomic E-state index is 5.68. The topological polar surface area (TPSA) is 37.9 Å². The number of hydrogen-bond donors (Lipinski definition) is 1. The van der Waals surface area contributed by atoms with Gasteiger partial charge in [0.2, 0.25) is 0 Å². The average Bonchev–Trinajstić information content (AvgIpc) is 3.15. The number of aromatic nitrogens is 2. The zero-order chi connectivity index (χ0) is 12.4. The minimum Gasteiger partial charge on any atom is -0.369 e. The molecule has 1 saturated carbocycles. The molecule has 18 heavy (non-hydrogen) atoms. The van der Waals surface area contributed by atoms with Crippen molar-refractivity contribution in [2.24, 2.45) is 0 Å². The number of hydrogen-bond acceptors (Lipinski definition) is 2. The highest BCUT2D eigenvalue weighted by Gasteiger charge is 2.28. The first-order valence-corrected chi connectivity index (χ1v) is 7.27. The number of ether oxygens (including phenoxy) is 1. The van der Waals surface area contributed by atoms with E-state index in [0.717, 1.165) is 5.82 Å². The van der Waals surface area contributed by atoms with E-state index in [2.05, 4.69) is 44.7 Å². The normalized spacial score (nSPS) is 14.9. The Morgan fingerprint density at radius 1 is 1.22 bits per heavy atom. The van der Waals surface area contributed by atoms with Crippen molar-refractivity contribution in [2.45, 2.75) is 32.0 Å². The van der Waals surface area contributed by atoms with Crippen LogP contribution in [0.2, 0.25) is 0 Å². The predicted molar refractivity (Wildman–Crippen MR) is 78.2 cm³/mol. The highest BCUT2D eigenvalue weighted by atomic mass is 127. The number of nitrogens with zero attached hydrogens (tertiary/aromatic N) is 1. The smallest absolute Gasteiger partial charge is 0.133 e. The van der Waals surface area contributed by atoms with E-state index in [9.17, 15) is 0 Å². The summed E-state index contributed by atoms with van der Waals surface area (Å²) in [7, 11) is 0. The standard InChI is InChI=1S/C14H15IN2O/c15-14-13(11-6-7-11)16-12(17-14)9-18-8-10-4-2-1-3-5-10/h1-5,11H,6-9H2,(H,16,17). The summed E-state index contributed by atoms with van der Waals surface area (Å²) >= 11 is 2.33. The fraction of sp³-hybridized carbons (Fsp3) is 0.357. The van der Waals surface area contributed by atoms with Crippen LogP contribution in [0.25, 0.3) is 0 Å². The summed E-state index contributed by atoms with van der Waals surface area (Å²) < 4.78 is 6.85. The van der Waals surface area contributed by atoms with Gasteiger partial charge < -0.3 is 9.72 Å². The zero-order valence-electron chi connectivity index (χ0n) is 10.0. The van der Waals surface area contributed by atoms with Crippen molar-refractivity contribution in [3.8, 4) is 0 Å². The van der Waals surface area contributed by atoms with Crippen molar-refractivity contribution in [3.05, 3.63) is 51.1 Å². The molecule has 0 aliphatic heterocycles. The van der Waals surface area contributed by atoms with Crippen molar-refractivity contribution in [3.63, 3.8) is 0 Å². The molecule has 1 fully saturated rings. The van der Waals surface area contributed by atoms with Crippen LogP contribution in [0.3, 0.4) is 0 Å². The van der Waals surface area contributed by atoms with Crippen LogP contribution in [0.15, 0.2) is 30.3 Å². The second-order valence-electron chi connectivity index (χ2n) is 4.64. The molecule has 4 heteroatoms. The summed E-state index contributed by atoms with van der Waals surface area (Å²) in [4.78, 5) is 7.92. The first kappa shape index (κ1) is 12.2. The summed E-state index contributed by atoms with van der Waals surface area (Å²) in [6.07, 6.45) is 2.57. The van der Waals surface area contributed by atoms with Crippen LogP contribution in [0, 0.1) is 3.70 Å². The molecule has 1 heterocycles. The lowest BCUT2D eigenvalue weighted by atomic mass is 10.2. The summed E-state index contributed by atoms with van der Waals surface area (Å²) in [6, 6.07) is 10.2. The third kappa shape index (κ3) is 2.92. The second kappa shape index (κ2) is 5.40. The molecule has 0 spiro atoms. The fourth-order valence-corrected chi connectivity index (χ4v) is 2.82.